The number of nitrogens with one attached hydrogen (secondary N) is 1. The molecule has 0 heterocycles. The van der Waals surface area contributed by atoms with E-state index in [1.165, 1.54) is 12.8 Å². The molecule has 0 spiro atoms. The maximum Gasteiger partial charge on any atom is 0.169 e. The first-order chi connectivity index (χ1) is 7.65. The van der Waals surface area contributed by atoms with E-state index in [-0.39, 0.29) is 0 Å². The SMILES string of the molecule is COCCCNC(=S)N(CC1CC1)C(C)C. The van der Waals surface area contributed by atoms with E-state index in [0.29, 0.717) is 6.04 Å². The van der Waals surface area contributed by atoms with E-state index in [1.54, 1.807) is 7.11 Å². The predicted octanol–water partition coefficient (Wildman–Crippen LogP) is 2.02. The van der Waals surface area contributed by atoms with Crippen molar-refractivity contribution in [2.24, 2.45) is 5.92 Å². The number of thiocarbonyl (C=S) groups is 1. The largest absolute Gasteiger partial charge is 0.385 e. The normalized spacial score (nSPS) is 15.2. The molecule has 0 saturated heterocycles. The topological polar surface area (TPSA) is 24.5 Å². The summed E-state index contributed by atoms with van der Waals surface area (Å²) in [5.41, 5.74) is 0. The van der Waals surface area contributed by atoms with Gasteiger partial charge in [0.05, 0.1) is 0 Å². The lowest BCUT2D eigenvalue weighted by Crippen LogP contribution is -2.45. The Hall–Kier alpha value is -0.350. The minimum absolute atomic E-state index is 0.489. The van der Waals surface area contributed by atoms with Gasteiger partial charge in [0.25, 0.3) is 0 Å². The zero-order chi connectivity index (χ0) is 12.0. The van der Waals surface area contributed by atoms with Crippen LogP contribution in [0.4, 0.5) is 0 Å². The van der Waals surface area contributed by atoms with E-state index in [9.17, 15) is 0 Å². The Morgan fingerprint density at radius 1 is 1.50 bits per heavy atom. The molecule has 94 valence electrons. The summed E-state index contributed by atoms with van der Waals surface area (Å²) < 4.78 is 5.01. The summed E-state index contributed by atoms with van der Waals surface area (Å²) in [4.78, 5) is 2.31. The highest BCUT2D eigenvalue weighted by Crippen LogP contribution is 2.30. The molecule has 1 fully saturated rings. The number of methoxy groups -OCH3 is 1. The van der Waals surface area contributed by atoms with Crippen molar-refractivity contribution in [3.05, 3.63) is 0 Å². The molecule has 4 heteroatoms. The molecule has 0 unspecified atom stereocenters. The number of nitrogens with zero attached hydrogens (tertiary/aromatic N) is 1. The van der Waals surface area contributed by atoms with E-state index in [0.717, 1.165) is 37.1 Å². The molecule has 1 aliphatic rings. The summed E-state index contributed by atoms with van der Waals surface area (Å²) in [5, 5.41) is 4.21. The summed E-state index contributed by atoms with van der Waals surface area (Å²) in [7, 11) is 1.73. The lowest BCUT2D eigenvalue weighted by atomic mass is 10.3. The molecule has 1 aliphatic carbocycles. The third kappa shape index (κ3) is 5.12. The molecule has 1 saturated carbocycles. The predicted molar refractivity (Wildman–Crippen MR) is 71.7 cm³/mol. The van der Waals surface area contributed by atoms with Crippen LogP contribution in [0.15, 0.2) is 0 Å². The van der Waals surface area contributed by atoms with Gasteiger partial charge in [-0.1, -0.05) is 0 Å². The zero-order valence-corrected chi connectivity index (χ0v) is 11.5. The number of ether oxygens (including phenoxy) is 1. The van der Waals surface area contributed by atoms with Crippen LogP contribution in [0.25, 0.3) is 0 Å². The van der Waals surface area contributed by atoms with Gasteiger partial charge in [0.1, 0.15) is 0 Å². The first-order valence-corrected chi connectivity index (χ1v) is 6.59. The number of rotatable bonds is 7. The Kier molecular flexibility index (Phi) is 6.06. The molecule has 0 radical (unpaired) electrons. The van der Waals surface area contributed by atoms with Crippen LogP contribution in [0.2, 0.25) is 0 Å². The molecule has 1 N–H and O–H groups in total. The van der Waals surface area contributed by atoms with Crippen molar-refractivity contribution in [1.82, 2.24) is 10.2 Å². The van der Waals surface area contributed by atoms with Crippen LogP contribution in [-0.2, 0) is 4.74 Å². The van der Waals surface area contributed by atoms with Crippen LogP contribution in [-0.4, -0.2) is 42.9 Å². The fraction of sp³-hybridized carbons (Fsp3) is 0.917. The summed E-state index contributed by atoms with van der Waals surface area (Å²) >= 11 is 5.42. The smallest absolute Gasteiger partial charge is 0.169 e. The van der Waals surface area contributed by atoms with E-state index in [2.05, 4.69) is 24.1 Å². The zero-order valence-electron chi connectivity index (χ0n) is 10.7. The maximum absolute atomic E-state index is 5.42. The van der Waals surface area contributed by atoms with Crippen molar-refractivity contribution in [2.75, 3.05) is 26.8 Å². The Morgan fingerprint density at radius 3 is 2.69 bits per heavy atom. The van der Waals surface area contributed by atoms with Crippen molar-refractivity contribution in [2.45, 2.75) is 39.2 Å². The van der Waals surface area contributed by atoms with Crippen LogP contribution in [0.3, 0.4) is 0 Å². The van der Waals surface area contributed by atoms with Gasteiger partial charge in [-0.25, -0.2) is 0 Å². The van der Waals surface area contributed by atoms with Crippen molar-refractivity contribution in [3.8, 4) is 0 Å². The molecular formula is C12H24N2OS. The Morgan fingerprint density at radius 2 is 2.19 bits per heavy atom. The van der Waals surface area contributed by atoms with Crippen molar-refractivity contribution >= 4 is 17.3 Å². The van der Waals surface area contributed by atoms with Gasteiger partial charge in [-0.15, -0.1) is 0 Å². The Balaban J connectivity index is 2.23. The molecule has 0 aromatic heterocycles. The third-order valence-electron chi connectivity index (χ3n) is 2.84. The minimum atomic E-state index is 0.489. The molecule has 0 amide bonds. The van der Waals surface area contributed by atoms with Crippen LogP contribution < -0.4 is 5.32 Å². The number of hydrogen-bond donors (Lipinski definition) is 1. The van der Waals surface area contributed by atoms with E-state index in [1.807, 2.05) is 0 Å². The molecular weight excluding hydrogens is 220 g/mol. The first-order valence-electron chi connectivity index (χ1n) is 6.18. The molecule has 16 heavy (non-hydrogen) atoms. The van der Waals surface area contributed by atoms with E-state index in [4.69, 9.17) is 17.0 Å². The van der Waals surface area contributed by atoms with Crippen LogP contribution >= 0.6 is 12.2 Å². The van der Waals surface area contributed by atoms with Crippen molar-refractivity contribution in [1.29, 1.82) is 0 Å². The molecule has 0 aromatic rings. The maximum atomic E-state index is 5.42. The van der Waals surface area contributed by atoms with Crippen LogP contribution in [0.5, 0.6) is 0 Å². The summed E-state index contributed by atoms with van der Waals surface area (Å²) in [5.74, 6) is 0.876. The van der Waals surface area contributed by atoms with E-state index < -0.39 is 0 Å². The van der Waals surface area contributed by atoms with Crippen molar-refractivity contribution in [3.63, 3.8) is 0 Å². The summed E-state index contributed by atoms with van der Waals surface area (Å²) in [6.45, 7) is 7.21. The second-order valence-corrected chi connectivity index (χ2v) is 5.15. The molecule has 1 rings (SSSR count). The number of hydrogen-bond acceptors (Lipinski definition) is 2. The lowest BCUT2D eigenvalue weighted by molar-refractivity contribution is 0.195. The molecule has 0 aliphatic heterocycles. The second-order valence-electron chi connectivity index (χ2n) is 4.77. The van der Waals surface area contributed by atoms with Crippen LogP contribution in [0.1, 0.15) is 33.1 Å². The van der Waals surface area contributed by atoms with Gasteiger partial charge in [0, 0.05) is 32.8 Å². The van der Waals surface area contributed by atoms with Gasteiger partial charge in [-0.2, -0.15) is 0 Å². The first kappa shape index (κ1) is 13.7. The standard InChI is InChI=1S/C12H24N2OS/c1-10(2)14(9-11-5-6-11)12(16)13-7-4-8-15-3/h10-11H,4-9H2,1-3H3,(H,13,16). The minimum Gasteiger partial charge on any atom is -0.385 e. The third-order valence-corrected chi connectivity index (χ3v) is 3.22. The van der Waals surface area contributed by atoms with E-state index >= 15 is 0 Å². The Labute approximate surface area is 105 Å². The highest BCUT2D eigenvalue weighted by molar-refractivity contribution is 7.80. The Bertz CT molecular complexity index is 217. The highest BCUT2D eigenvalue weighted by Gasteiger charge is 2.26. The summed E-state index contributed by atoms with van der Waals surface area (Å²) in [6.07, 6.45) is 3.75. The quantitative estimate of drug-likeness (QED) is 0.547. The van der Waals surface area contributed by atoms with Gasteiger partial charge in [-0.3, -0.25) is 0 Å². The molecule has 3 nitrogen and oxygen atoms in total. The van der Waals surface area contributed by atoms with Gasteiger partial charge in [0.15, 0.2) is 5.11 Å². The second kappa shape index (κ2) is 7.07. The van der Waals surface area contributed by atoms with Gasteiger partial charge >= 0.3 is 0 Å². The average Bonchev–Trinajstić information content (AvgIpc) is 3.04. The lowest BCUT2D eigenvalue weighted by Gasteiger charge is -2.29. The fourth-order valence-corrected chi connectivity index (χ4v) is 2.01. The average molecular weight is 244 g/mol. The highest BCUT2D eigenvalue weighted by atomic mass is 32.1. The van der Waals surface area contributed by atoms with Crippen molar-refractivity contribution < 1.29 is 4.74 Å². The van der Waals surface area contributed by atoms with Gasteiger partial charge in [-0.05, 0) is 51.2 Å². The van der Waals surface area contributed by atoms with Crippen LogP contribution in [0, 0.1) is 5.92 Å². The fourth-order valence-electron chi connectivity index (χ4n) is 1.62. The van der Waals surface area contributed by atoms with Gasteiger partial charge < -0.3 is 15.0 Å². The molecule has 0 bridgehead atoms. The molecule has 0 aromatic carbocycles. The summed E-state index contributed by atoms with van der Waals surface area (Å²) in [6, 6.07) is 0.489. The van der Waals surface area contributed by atoms with Gasteiger partial charge in [0.2, 0.25) is 0 Å². The molecule has 0 atom stereocenters. The monoisotopic (exact) mass is 244 g/mol.